The highest BCUT2D eigenvalue weighted by molar-refractivity contribution is 7.99. The summed E-state index contributed by atoms with van der Waals surface area (Å²) in [5, 5.41) is 0. The number of hydrogen-bond donors (Lipinski definition) is 1. The van der Waals surface area contributed by atoms with E-state index < -0.39 is 0 Å². The third-order valence-corrected chi connectivity index (χ3v) is 6.03. The molecule has 0 bridgehead atoms. The molecule has 1 aliphatic carbocycles. The normalized spacial score (nSPS) is 34.8. The molecule has 0 aromatic heterocycles. The highest BCUT2D eigenvalue weighted by Crippen LogP contribution is 2.38. The van der Waals surface area contributed by atoms with Gasteiger partial charge in [0.2, 0.25) is 11.8 Å². The number of hydrogen-bond acceptors (Lipinski definition) is 4. The Hall–Kier alpha value is -0.460. The van der Waals surface area contributed by atoms with Crippen LogP contribution in [0.2, 0.25) is 0 Å². The van der Waals surface area contributed by atoms with Crippen molar-refractivity contribution in [2.75, 3.05) is 24.7 Å². The van der Waals surface area contributed by atoms with E-state index in [1.54, 1.807) is 16.7 Å². The average Bonchev–Trinajstić information content (AvgIpc) is 3.14. The molecule has 2 heterocycles. The zero-order chi connectivity index (χ0) is 14.3. The van der Waals surface area contributed by atoms with E-state index in [0.29, 0.717) is 24.1 Å². The number of nitrogens with zero attached hydrogens (tertiary/aromatic N) is 2. The van der Waals surface area contributed by atoms with Gasteiger partial charge >= 0.3 is 0 Å². The van der Waals surface area contributed by atoms with Crippen molar-refractivity contribution in [2.45, 2.75) is 38.3 Å². The van der Waals surface area contributed by atoms with E-state index in [4.69, 9.17) is 5.73 Å². The first-order valence-corrected chi connectivity index (χ1v) is 8.68. The average molecular weight is 334 g/mol. The minimum absolute atomic E-state index is 0. The van der Waals surface area contributed by atoms with E-state index in [1.165, 1.54) is 0 Å². The predicted molar refractivity (Wildman–Crippen MR) is 86.3 cm³/mol. The van der Waals surface area contributed by atoms with Crippen LogP contribution in [0.3, 0.4) is 0 Å². The summed E-state index contributed by atoms with van der Waals surface area (Å²) in [6, 6.07) is 0.00614. The van der Waals surface area contributed by atoms with Crippen molar-refractivity contribution in [2.24, 2.45) is 17.6 Å². The molecule has 0 aromatic carbocycles. The minimum Gasteiger partial charge on any atom is -0.340 e. The van der Waals surface area contributed by atoms with E-state index in [0.717, 1.165) is 31.7 Å². The van der Waals surface area contributed by atoms with Gasteiger partial charge in [-0.2, -0.15) is 0 Å². The van der Waals surface area contributed by atoms with Crippen LogP contribution in [-0.4, -0.2) is 58.4 Å². The maximum atomic E-state index is 12.7. The number of nitrogens with two attached hydrogens (primary N) is 1. The van der Waals surface area contributed by atoms with E-state index >= 15 is 0 Å². The van der Waals surface area contributed by atoms with Crippen molar-refractivity contribution in [3.63, 3.8) is 0 Å². The first-order valence-electron chi connectivity index (χ1n) is 7.53. The fourth-order valence-corrected chi connectivity index (χ4v) is 4.97. The molecule has 4 atom stereocenters. The van der Waals surface area contributed by atoms with Crippen LogP contribution in [0.4, 0.5) is 0 Å². The molecule has 5 nitrogen and oxygen atoms in total. The lowest BCUT2D eigenvalue weighted by Crippen LogP contribution is -2.48. The fraction of sp³-hybridized carbons (Fsp3) is 0.857. The van der Waals surface area contributed by atoms with Gasteiger partial charge in [0, 0.05) is 31.3 Å². The summed E-state index contributed by atoms with van der Waals surface area (Å²) < 4.78 is 0. The summed E-state index contributed by atoms with van der Waals surface area (Å²) in [4.78, 5) is 28.3. The smallest absolute Gasteiger partial charge is 0.246 e. The second kappa shape index (κ2) is 6.75. The van der Waals surface area contributed by atoms with Gasteiger partial charge in [0.25, 0.3) is 0 Å². The predicted octanol–water partition coefficient (Wildman–Crippen LogP) is 0.915. The Morgan fingerprint density at radius 1 is 1.29 bits per heavy atom. The number of rotatable bonds is 2. The molecule has 120 valence electrons. The largest absolute Gasteiger partial charge is 0.340 e. The molecule has 2 saturated heterocycles. The van der Waals surface area contributed by atoms with Gasteiger partial charge < -0.3 is 15.5 Å². The lowest BCUT2D eigenvalue weighted by molar-refractivity contribution is -0.142. The monoisotopic (exact) mass is 333 g/mol. The Morgan fingerprint density at radius 3 is 2.71 bits per heavy atom. The lowest BCUT2D eigenvalue weighted by atomic mass is 9.98. The van der Waals surface area contributed by atoms with Gasteiger partial charge in [0.15, 0.2) is 0 Å². The molecular formula is C14H24ClN3O2S. The standard InChI is InChI=1S/C14H23N3O2S.ClH/c1-2-13(18)17-8-20-7-12(17)14(19)16-5-9-3-4-11(15)10(9)6-16;/h9-12H,2-8,15H2,1H3;1H. The topological polar surface area (TPSA) is 66.6 Å². The van der Waals surface area contributed by atoms with E-state index in [1.807, 2.05) is 11.8 Å². The molecule has 0 aromatic rings. The molecule has 3 fully saturated rings. The minimum atomic E-state index is -0.248. The summed E-state index contributed by atoms with van der Waals surface area (Å²) in [7, 11) is 0. The molecular weight excluding hydrogens is 310 g/mol. The molecule has 21 heavy (non-hydrogen) atoms. The van der Waals surface area contributed by atoms with Crippen molar-refractivity contribution in [3.8, 4) is 0 Å². The van der Waals surface area contributed by atoms with Gasteiger partial charge in [0.05, 0.1) is 5.88 Å². The molecule has 2 aliphatic heterocycles. The van der Waals surface area contributed by atoms with Crippen molar-refractivity contribution in [1.82, 2.24) is 9.80 Å². The molecule has 4 unspecified atom stereocenters. The van der Waals surface area contributed by atoms with Gasteiger partial charge in [-0.1, -0.05) is 6.92 Å². The maximum absolute atomic E-state index is 12.7. The molecule has 1 saturated carbocycles. The van der Waals surface area contributed by atoms with E-state index in [2.05, 4.69) is 0 Å². The number of fused-ring (bicyclic) bond motifs is 1. The van der Waals surface area contributed by atoms with Gasteiger partial charge in [-0.25, -0.2) is 0 Å². The van der Waals surface area contributed by atoms with Crippen LogP contribution in [0.5, 0.6) is 0 Å². The summed E-state index contributed by atoms with van der Waals surface area (Å²) in [6.45, 7) is 3.48. The van der Waals surface area contributed by atoms with Crippen LogP contribution in [0.15, 0.2) is 0 Å². The third-order valence-electron chi connectivity index (χ3n) is 5.01. The van der Waals surface area contributed by atoms with Crippen molar-refractivity contribution in [3.05, 3.63) is 0 Å². The van der Waals surface area contributed by atoms with Crippen LogP contribution in [0, 0.1) is 11.8 Å². The van der Waals surface area contributed by atoms with Gasteiger partial charge in [0.1, 0.15) is 6.04 Å². The second-order valence-electron chi connectivity index (χ2n) is 6.14. The van der Waals surface area contributed by atoms with Crippen LogP contribution >= 0.6 is 24.2 Å². The number of carbonyl (C=O) groups excluding carboxylic acids is 2. The molecule has 0 spiro atoms. The lowest BCUT2D eigenvalue weighted by Gasteiger charge is -2.27. The second-order valence-corrected chi connectivity index (χ2v) is 7.14. The molecule has 3 aliphatic rings. The summed E-state index contributed by atoms with van der Waals surface area (Å²) in [5.41, 5.74) is 6.13. The zero-order valence-electron chi connectivity index (χ0n) is 12.4. The number of amides is 2. The third kappa shape index (κ3) is 3.03. The molecule has 2 N–H and O–H groups in total. The van der Waals surface area contributed by atoms with Gasteiger partial charge in [-0.05, 0) is 24.7 Å². The zero-order valence-corrected chi connectivity index (χ0v) is 14.0. The Labute approximate surface area is 136 Å². The van der Waals surface area contributed by atoms with Gasteiger partial charge in [-0.15, -0.1) is 24.2 Å². The SMILES string of the molecule is CCC(=O)N1CSCC1C(=O)N1CC2CCC(N)C2C1.Cl. The van der Waals surface area contributed by atoms with Crippen LogP contribution < -0.4 is 5.73 Å². The van der Waals surface area contributed by atoms with Crippen LogP contribution in [0.25, 0.3) is 0 Å². The molecule has 3 rings (SSSR count). The molecule has 2 amide bonds. The number of carbonyl (C=O) groups is 2. The number of halogens is 1. The summed E-state index contributed by atoms with van der Waals surface area (Å²) in [5.74, 6) is 2.68. The van der Waals surface area contributed by atoms with Crippen molar-refractivity contribution in [1.29, 1.82) is 0 Å². The molecule has 7 heteroatoms. The Kier molecular flexibility index (Phi) is 5.43. The first-order chi connectivity index (χ1) is 9.61. The molecule has 0 radical (unpaired) electrons. The highest BCUT2D eigenvalue weighted by Gasteiger charge is 2.45. The van der Waals surface area contributed by atoms with Crippen LogP contribution in [-0.2, 0) is 9.59 Å². The van der Waals surface area contributed by atoms with E-state index in [-0.39, 0.29) is 36.3 Å². The highest BCUT2D eigenvalue weighted by atomic mass is 35.5. The summed E-state index contributed by atoms with van der Waals surface area (Å²) in [6.07, 6.45) is 2.71. The maximum Gasteiger partial charge on any atom is 0.246 e. The van der Waals surface area contributed by atoms with Crippen molar-refractivity contribution >= 4 is 36.0 Å². The van der Waals surface area contributed by atoms with Gasteiger partial charge in [-0.3, -0.25) is 9.59 Å². The Morgan fingerprint density at radius 2 is 2.05 bits per heavy atom. The van der Waals surface area contributed by atoms with Crippen LogP contribution in [0.1, 0.15) is 26.2 Å². The fourth-order valence-electron chi connectivity index (χ4n) is 3.79. The Balaban J connectivity index is 0.00000161. The van der Waals surface area contributed by atoms with Crippen molar-refractivity contribution < 1.29 is 9.59 Å². The number of thioether (sulfide) groups is 1. The quantitative estimate of drug-likeness (QED) is 0.816. The van der Waals surface area contributed by atoms with E-state index in [9.17, 15) is 9.59 Å². The Bertz CT molecular complexity index is 423. The number of likely N-dealkylation sites (tertiary alicyclic amines) is 1. The first kappa shape index (κ1) is 16.9. The summed E-state index contributed by atoms with van der Waals surface area (Å²) >= 11 is 1.68.